The van der Waals surface area contributed by atoms with Crippen LogP contribution >= 0.6 is 0 Å². The number of methoxy groups -OCH3 is 1. The summed E-state index contributed by atoms with van der Waals surface area (Å²) in [5.41, 5.74) is 1.74. The number of carbonyl (C=O) groups is 1. The lowest BCUT2D eigenvalue weighted by atomic mass is 10.2. The number of hydrogen-bond acceptors (Lipinski definition) is 3. The van der Waals surface area contributed by atoms with Crippen molar-refractivity contribution in [3.8, 4) is 11.5 Å². The summed E-state index contributed by atoms with van der Waals surface area (Å²) in [6, 6.07) is 15.0. The third kappa shape index (κ3) is 3.83. The van der Waals surface area contributed by atoms with Crippen LogP contribution in [0.5, 0.6) is 11.5 Å². The zero-order valence-electron chi connectivity index (χ0n) is 11.6. The molecule has 0 bridgehead atoms. The van der Waals surface area contributed by atoms with Crippen molar-refractivity contribution >= 4 is 11.6 Å². The molecule has 0 heterocycles. The Balaban J connectivity index is 2.17. The first-order valence-corrected chi connectivity index (χ1v) is 6.31. The normalized spacial score (nSPS) is 10.1. The summed E-state index contributed by atoms with van der Waals surface area (Å²) in [5, 5.41) is 2.76. The average Bonchev–Trinajstić information content (AvgIpc) is 2.41. The van der Waals surface area contributed by atoms with E-state index in [0.717, 1.165) is 11.3 Å². The van der Waals surface area contributed by atoms with Crippen molar-refractivity contribution < 1.29 is 14.3 Å². The molecule has 0 aliphatic heterocycles. The van der Waals surface area contributed by atoms with Crippen molar-refractivity contribution in [2.24, 2.45) is 0 Å². The number of ether oxygens (including phenoxy) is 2. The minimum Gasteiger partial charge on any atom is -0.455 e. The SMILES string of the molecule is COCC(=O)Nc1ccccc1Oc1cccc(C)c1. The minimum absolute atomic E-state index is 0.0127. The van der Waals surface area contributed by atoms with Crippen molar-refractivity contribution in [3.05, 3.63) is 54.1 Å². The monoisotopic (exact) mass is 271 g/mol. The number of para-hydroxylation sites is 2. The van der Waals surface area contributed by atoms with Gasteiger partial charge in [-0.2, -0.15) is 0 Å². The van der Waals surface area contributed by atoms with Crippen LogP contribution in [0.1, 0.15) is 5.56 Å². The largest absolute Gasteiger partial charge is 0.455 e. The summed E-state index contributed by atoms with van der Waals surface area (Å²) in [7, 11) is 1.48. The number of anilines is 1. The van der Waals surface area contributed by atoms with E-state index in [-0.39, 0.29) is 12.5 Å². The molecule has 1 N–H and O–H groups in total. The van der Waals surface area contributed by atoms with E-state index in [9.17, 15) is 4.79 Å². The zero-order chi connectivity index (χ0) is 14.4. The topological polar surface area (TPSA) is 47.6 Å². The van der Waals surface area contributed by atoms with Gasteiger partial charge in [-0.05, 0) is 36.8 Å². The van der Waals surface area contributed by atoms with Gasteiger partial charge >= 0.3 is 0 Å². The lowest BCUT2D eigenvalue weighted by molar-refractivity contribution is -0.119. The smallest absolute Gasteiger partial charge is 0.250 e. The molecule has 1 amide bonds. The van der Waals surface area contributed by atoms with Crippen LogP contribution in [0.2, 0.25) is 0 Å². The van der Waals surface area contributed by atoms with Gasteiger partial charge in [-0.3, -0.25) is 4.79 Å². The molecular weight excluding hydrogens is 254 g/mol. The molecule has 0 aromatic heterocycles. The Hall–Kier alpha value is -2.33. The molecule has 0 aliphatic rings. The van der Waals surface area contributed by atoms with E-state index in [0.29, 0.717) is 11.4 Å². The van der Waals surface area contributed by atoms with E-state index >= 15 is 0 Å². The fraction of sp³-hybridized carbons (Fsp3) is 0.188. The van der Waals surface area contributed by atoms with Gasteiger partial charge in [0.2, 0.25) is 5.91 Å². The van der Waals surface area contributed by atoms with Crippen LogP contribution in [0, 0.1) is 6.92 Å². The summed E-state index contributed by atoms with van der Waals surface area (Å²) in [6.07, 6.45) is 0. The first-order valence-electron chi connectivity index (χ1n) is 6.31. The predicted octanol–water partition coefficient (Wildman–Crippen LogP) is 3.37. The molecular formula is C16H17NO3. The maximum absolute atomic E-state index is 11.6. The molecule has 4 heteroatoms. The maximum Gasteiger partial charge on any atom is 0.250 e. The fourth-order valence-corrected chi connectivity index (χ4v) is 1.78. The summed E-state index contributed by atoms with van der Waals surface area (Å²) >= 11 is 0. The van der Waals surface area contributed by atoms with Gasteiger partial charge in [0.25, 0.3) is 0 Å². The Kier molecular flexibility index (Phi) is 4.74. The molecule has 2 aromatic carbocycles. The number of rotatable bonds is 5. The molecule has 0 radical (unpaired) electrons. The molecule has 104 valence electrons. The zero-order valence-corrected chi connectivity index (χ0v) is 11.6. The minimum atomic E-state index is -0.215. The number of aryl methyl sites for hydroxylation is 1. The third-order valence-corrected chi connectivity index (χ3v) is 2.65. The van der Waals surface area contributed by atoms with Crippen LogP contribution in [0.15, 0.2) is 48.5 Å². The van der Waals surface area contributed by atoms with Gasteiger partial charge in [0, 0.05) is 7.11 Å². The summed E-state index contributed by atoms with van der Waals surface area (Å²) in [6.45, 7) is 2.01. The Morgan fingerprint density at radius 2 is 1.95 bits per heavy atom. The second kappa shape index (κ2) is 6.73. The Bertz CT molecular complexity index is 596. The number of amides is 1. The Morgan fingerprint density at radius 3 is 2.70 bits per heavy atom. The Labute approximate surface area is 118 Å². The van der Waals surface area contributed by atoms with Crippen LogP contribution in [0.3, 0.4) is 0 Å². The van der Waals surface area contributed by atoms with Crippen LogP contribution in [-0.4, -0.2) is 19.6 Å². The highest BCUT2D eigenvalue weighted by molar-refractivity contribution is 5.93. The molecule has 20 heavy (non-hydrogen) atoms. The molecule has 2 rings (SSSR count). The summed E-state index contributed by atoms with van der Waals surface area (Å²) in [5.74, 6) is 1.12. The van der Waals surface area contributed by atoms with Crippen LogP contribution in [0.4, 0.5) is 5.69 Å². The van der Waals surface area contributed by atoms with E-state index in [2.05, 4.69) is 5.32 Å². The highest BCUT2D eigenvalue weighted by Crippen LogP contribution is 2.29. The summed E-state index contributed by atoms with van der Waals surface area (Å²) < 4.78 is 10.6. The van der Waals surface area contributed by atoms with Crippen molar-refractivity contribution in [2.75, 3.05) is 19.0 Å². The molecule has 0 unspecified atom stereocenters. The van der Waals surface area contributed by atoms with Gasteiger partial charge in [-0.15, -0.1) is 0 Å². The Morgan fingerprint density at radius 1 is 1.15 bits per heavy atom. The lowest BCUT2D eigenvalue weighted by Crippen LogP contribution is -2.17. The second-order valence-electron chi connectivity index (χ2n) is 4.40. The standard InChI is InChI=1S/C16H17NO3/c1-12-6-5-7-13(10-12)20-15-9-4-3-8-14(15)17-16(18)11-19-2/h3-10H,11H2,1-2H3,(H,17,18). The molecule has 0 saturated carbocycles. The number of benzene rings is 2. The van der Waals surface area contributed by atoms with Crippen molar-refractivity contribution in [2.45, 2.75) is 6.92 Å². The second-order valence-corrected chi connectivity index (χ2v) is 4.40. The third-order valence-electron chi connectivity index (χ3n) is 2.65. The molecule has 0 saturated heterocycles. The molecule has 4 nitrogen and oxygen atoms in total. The van der Waals surface area contributed by atoms with E-state index < -0.39 is 0 Å². The molecule has 0 atom stereocenters. The molecule has 2 aromatic rings. The predicted molar refractivity (Wildman–Crippen MR) is 78.2 cm³/mol. The van der Waals surface area contributed by atoms with Crippen molar-refractivity contribution in [1.82, 2.24) is 0 Å². The van der Waals surface area contributed by atoms with Crippen molar-refractivity contribution in [1.29, 1.82) is 0 Å². The van der Waals surface area contributed by atoms with Crippen LogP contribution < -0.4 is 10.1 Å². The molecule has 0 fully saturated rings. The van der Waals surface area contributed by atoms with Crippen LogP contribution in [0.25, 0.3) is 0 Å². The van der Waals surface area contributed by atoms with E-state index in [1.807, 2.05) is 49.4 Å². The van der Waals surface area contributed by atoms with Gasteiger partial charge in [0.1, 0.15) is 12.4 Å². The number of nitrogens with one attached hydrogen (secondary N) is 1. The highest BCUT2D eigenvalue weighted by atomic mass is 16.5. The average molecular weight is 271 g/mol. The first kappa shape index (κ1) is 14.1. The van der Waals surface area contributed by atoms with Gasteiger partial charge in [-0.25, -0.2) is 0 Å². The maximum atomic E-state index is 11.6. The van der Waals surface area contributed by atoms with Gasteiger partial charge in [-0.1, -0.05) is 24.3 Å². The van der Waals surface area contributed by atoms with Crippen molar-refractivity contribution in [3.63, 3.8) is 0 Å². The highest BCUT2D eigenvalue weighted by Gasteiger charge is 2.08. The van der Waals surface area contributed by atoms with E-state index in [4.69, 9.17) is 9.47 Å². The van der Waals surface area contributed by atoms with Gasteiger partial charge in [0.05, 0.1) is 5.69 Å². The molecule has 0 aliphatic carbocycles. The van der Waals surface area contributed by atoms with Crippen LogP contribution in [-0.2, 0) is 9.53 Å². The van der Waals surface area contributed by atoms with Gasteiger partial charge < -0.3 is 14.8 Å². The van der Waals surface area contributed by atoms with E-state index in [1.165, 1.54) is 7.11 Å². The fourth-order valence-electron chi connectivity index (χ4n) is 1.78. The first-order chi connectivity index (χ1) is 9.69. The number of hydrogen-bond donors (Lipinski definition) is 1. The van der Waals surface area contributed by atoms with Gasteiger partial charge in [0.15, 0.2) is 5.75 Å². The molecule has 0 spiro atoms. The summed E-state index contributed by atoms with van der Waals surface area (Å²) in [4.78, 5) is 11.6. The quantitative estimate of drug-likeness (QED) is 0.907. The lowest BCUT2D eigenvalue weighted by Gasteiger charge is -2.12. The van der Waals surface area contributed by atoms with E-state index in [1.54, 1.807) is 6.07 Å². The number of carbonyl (C=O) groups excluding carboxylic acids is 1.